The van der Waals surface area contributed by atoms with Crippen molar-refractivity contribution in [3.8, 4) is 0 Å². The minimum absolute atomic E-state index is 0.344. The number of anilines is 1. The highest BCUT2D eigenvalue weighted by Gasteiger charge is 2.40. The summed E-state index contributed by atoms with van der Waals surface area (Å²) in [6, 6.07) is 11.3. The number of aromatic nitrogens is 1. The zero-order valence-electron chi connectivity index (χ0n) is 12.7. The Morgan fingerprint density at radius 1 is 1.19 bits per heavy atom. The van der Waals surface area contributed by atoms with Crippen LogP contribution in [0.15, 0.2) is 36.5 Å². The maximum atomic E-state index is 4.51. The van der Waals surface area contributed by atoms with E-state index in [0.717, 1.165) is 18.6 Å². The molecule has 1 unspecified atom stereocenters. The maximum Gasteiger partial charge on any atom is 0.0722 e. The molecule has 0 bridgehead atoms. The largest absolute Gasteiger partial charge is 0.365 e. The average molecular weight is 281 g/mol. The number of benzene rings is 1. The van der Waals surface area contributed by atoms with Gasteiger partial charge in [0, 0.05) is 41.9 Å². The third kappa shape index (κ3) is 2.20. The summed E-state index contributed by atoms with van der Waals surface area (Å²) in [5, 5.41) is 5.11. The van der Waals surface area contributed by atoms with Crippen LogP contribution >= 0.6 is 0 Å². The van der Waals surface area contributed by atoms with Gasteiger partial charge in [-0.1, -0.05) is 18.9 Å². The second kappa shape index (κ2) is 4.99. The van der Waals surface area contributed by atoms with Gasteiger partial charge in [0.2, 0.25) is 0 Å². The van der Waals surface area contributed by atoms with Gasteiger partial charge in [0.1, 0.15) is 0 Å². The van der Waals surface area contributed by atoms with Gasteiger partial charge in [-0.05, 0) is 44.0 Å². The van der Waals surface area contributed by atoms with E-state index < -0.39 is 0 Å². The first-order valence-electron chi connectivity index (χ1n) is 8.13. The number of rotatable bonds is 1. The number of hydrogen-bond acceptors (Lipinski definition) is 3. The predicted molar refractivity (Wildman–Crippen MR) is 87.8 cm³/mol. The molecule has 2 aromatic rings. The lowest BCUT2D eigenvalue weighted by Crippen LogP contribution is -2.62. The maximum absolute atomic E-state index is 4.51. The van der Waals surface area contributed by atoms with Crippen molar-refractivity contribution < 1.29 is 0 Å². The normalized spacial score (nSPS) is 24.8. The molecule has 1 spiro atoms. The van der Waals surface area contributed by atoms with Crippen LogP contribution in [0.3, 0.4) is 0 Å². The first-order chi connectivity index (χ1) is 10.3. The molecule has 0 amide bonds. The Morgan fingerprint density at radius 2 is 2.05 bits per heavy atom. The van der Waals surface area contributed by atoms with Crippen LogP contribution in [0.5, 0.6) is 0 Å². The molecule has 2 heterocycles. The lowest BCUT2D eigenvalue weighted by molar-refractivity contribution is 0.277. The van der Waals surface area contributed by atoms with Crippen LogP contribution in [-0.4, -0.2) is 29.7 Å². The highest BCUT2D eigenvalue weighted by atomic mass is 15.3. The molecule has 1 atom stereocenters. The molecule has 0 radical (unpaired) electrons. The molecule has 3 nitrogen and oxygen atoms in total. The molecule has 1 aromatic heterocycles. The Labute approximate surface area is 126 Å². The van der Waals surface area contributed by atoms with Gasteiger partial charge in [-0.3, -0.25) is 4.98 Å². The third-order valence-corrected chi connectivity index (χ3v) is 5.27. The van der Waals surface area contributed by atoms with E-state index >= 15 is 0 Å². The van der Waals surface area contributed by atoms with E-state index in [9.17, 15) is 0 Å². The van der Waals surface area contributed by atoms with E-state index in [-0.39, 0.29) is 0 Å². The number of hydrogen-bond donors (Lipinski definition) is 1. The molecule has 3 heteroatoms. The lowest BCUT2D eigenvalue weighted by Gasteiger charge is -2.46. The van der Waals surface area contributed by atoms with Gasteiger partial charge in [0.05, 0.1) is 5.52 Å². The Kier molecular flexibility index (Phi) is 3.11. The fraction of sp³-hybridized carbons (Fsp3) is 0.500. The van der Waals surface area contributed by atoms with Crippen LogP contribution in [0.2, 0.25) is 0 Å². The molecule has 1 aromatic carbocycles. The molecule has 1 saturated carbocycles. The second-order valence-electron chi connectivity index (χ2n) is 6.69. The van der Waals surface area contributed by atoms with Crippen LogP contribution < -0.4 is 10.2 Å². The van der Waals surface area contributed by atoms with Crippen LogP contribution in [0.4, 0.5) is 5.69 Å². The molecule has 2 aliphatic rings. The highest BCUT2D eigenvalue weighted by molar-refractivity contribution is 5.91. The predicted octanol–water partition coefficient (Wildman–Crippen LogP) is 3.35. The van der Waals surface area contributed by atoms with E-state index in [0.29, 0.717) is 11.6 Å². The molecule has 1 aliphatic heterocycles. The summed E-state index contributed by atoms with van der Waals surface area (Å²) in [5.41, 5.74) is 2.79. The minimum atomic E-state index is 0.344. The average Bonchev–Trinajstić information content (AvgIpc) is 2.98. The third-order valence-electron chi connectivity index (χ3n) is 5.27. The van der Waals surface area contributed by atoms with E-state index in [1.165, 1.54) is 36.8 Å². The van der Waals surface area contributed by atoms with Gasteiger partial charge >= 0.3 is 0 Å². The van der Waals surface area contributed by atoms with E-state index in [1.54, 1.807) is 0 Å². The van der Waals surface area contributed by atoms with Crippen molar-refractivity contribution in [1.29, 1.82) is 0 Å². The van der Waals surface area contributed by atoms with Gasteiger partial charge in [0.25, 0.3) is 0 Å². The summed E-state index contributed by atoms with van der Waals surface area (Å²) in [7, 11) is 0. The van der Waals surface area contributed by atoms with Crippen molar-refractivity contribution >= 4 is 16.6 Å². The van der Waals surface area contributed by atoms with Gasteiger partial charge < -0.3 is 10.2 Å². The standard InChI is InChI=1S/C18H23N3/c1-14-12-20-18(9-2-3-10-18)13-21(14)17-8-4-7-16-15(17)6-5-11-19-16/h4-8,11,14,20H,2-3,9-10,12-13H2,1H3. The zero-order valence-corrected chi connectivity index (χ0v) is 12.7. The molecule has 110 valence electrons. The first kappa shape index (κ1) is 13.1. The summed E-state index contributed by atoms with van der Waals surface area (Å²) in [5.74, 6) is 0. The molecular formula is C18H23N3. The van der Waals surface area contributed by atoms with Crippen molar-refractivity contribution in [2.75, 3.05) is 18.0 Å². The summed E-state index contributed by atoms with van der Waals surface area (Å²) in [6.45, 7) is 4.53. The van der Waals surface area contributed by atoms with E-state index in [2.05, 4.69) is 46.4 Å². The molecule has 1 saturated heterocycles. The smallest absolute Gasteiger partial charge is 0.0722 e. The number of piperazine rings is 1. The Balaban J connectivity index is 1.75. The quantitative estimate of drug-likeness (QED) is 0.869. The fourth-order valence-electron chi connectivity index (χ4n) is 4.06. The van der Waals surface area contributed by atoms with Crippen LogP contribution in [0.1, 0.15) is 32.6 Å². The van der Waals surface area contributed by atoms with Gasteiger partial charge in [-0.25, -0.2) is 0 Å². The summed E-state index contributed by atoms with van der Waals surface area (Å²) in [4.78, 5) is 7.11. The summed E-state index contributed by atoms with van der Waals surface area (Å²) >= 11 is 0. The van der Waals surface area contributed by atoms with Crippen LogP contribution in [0.25, 0.3) is 10.9 Å². The fourth-order valence-corrected chi connectivity index (χ4v) is 4.06. The van der Waals surface area contributed by atoms with E-state index in [1.807, 2.05) is 12.3 Å². The van der Waals surface area contributed by atoms with Crippen molar-refractivity contribution in [2.24, 2.45) is 0 Å². The number of pyridine rings is 1. The van der Waals surface area contributed by atoms with Crippen molar-refractivity contribution in [2.45, 2.75) is 44.2 Å². The summed E-state index contributed by atoms with van der Waals surface area (Å²) < 4.78 is 0. The Morgan fingerprint density at radius 3 is 2.90 bits per heavy atom. The molecule has 21 heavy (non-hydrogen) atoms. The highest BCUT2D eigenvalue weighted by Crippen LogP contribution is 2.36. The monoisotopic (exact) mass is 281 g/mol. The Bertz CT molecular complexity index is 640. The van der Waals surface area contributed by atoms with Crippen molar-refractivity contribution in [3.05, 3.63) is 36.5 Å². The molecule has 2 fully saturated rings. The van der Waals surface area contributed by atoms with Gasteiger partial charge in [0.15, 0.2) is 0 Å². The SMILES string of the molecule is CC1CNC2(CCCC2)CN1c1cccc2ncccc12. The molecule has 4 rings (SSSR count). The summed E-state index contributed by atoms with van der Waals surface area (Å²) in [6.07, 6.45) is 7.25. The first-order valence-corrected chi connectivity index (χ1v) is 8.13. The zero-order chi connectivity index (χ0) is 14.3. The number of nitrogens with one attached hydrogen (secondary N) is 1. The number of fused-ring (bicyclic) bond motifs is 1. The van der Waals surface area contributed by atoms with Gasteiger partial charge in [-0.15, -0.1) is 0 Å². The lowest BCUT2D eigenvalue weighted by atomic mass is 9.92. The molecular weight excluding hydrogens is 258 g/mol. The minimum Gasteiger partial charge on any atom is -0.365 e. The van der Waals surface area contributed by atoms with Crippen molar-refractivity contribution in [1.82, 2.24) is 10.3 Å². The molecule has 1 N–H and O–H groups in total. The van der Waals surface area contributed by atoms with Crippen LogP contribution in [0, 0.1) is 0 Å². The van der Waals surface area contributed by atoms with E-state index in [4.69, 9.17) is 0 Å². The topological polar surface area (TPSA) is 28.2 Å². The Hall–Kier alpha value is -1.61. The number of nitrogens with zero attached hydrogens (tertiary/aromatic N) is 2. The van der Waals surface area contributed by atoms with Gasteiger partial charge in [-0.2, -0.15) is 0 Å². The van der Waals surface area contributed by atoms with Crippen molar-refractivity contribution in [3.63, 3.8) is 0 Å². The van der Waals surface area contributed by atoms with Crippen LogP contribution in [-0.2, 0) is 0 Å². The second-order valence-corrected chi connectivity index (χ2v) is 6.69. The molecule has 1 aliphatic carbocycles.